The predicted molar refractivity (Wildman–Crippen MR) is 137 cm³/mol. The molecular weight excluding hydrogens is 466 g/mol. The molecule has 0 radical (unpaired) electrons. The maximum Gasteiger partial charge on any atom is 0.338 e. The molecule has 6 nitrogen and oxygen atoms in total. The topological polar surface area (TPSA) is 80.8 Å². The van der Waals surface area contributed by atoms with Crippen molar-refractivity contribution in [1.82, 2.24) is 0 Å². The van der Waals surface area contributed by atoms with Crippen LogP contribution in [0.25, 0.3) is 0 Å². The fraction of sp³-hybridized carbons (Fsp3) is 0.290. The summed E-state index contributed by atoms with van der Waals surface area (Å²) < 4.78 is 5.20. The number of rotatable bonds is 6. The van der Waals surface area contributed by atoms with E-state index in [4.69, 9.17) is 4.74 Å². The third-order valence-corrected chi connectivity index (χ3v) is 8.31. The number of Topliss-reactive ketones (excluding diaryl/α,β-unsaturated/α-hetero) is 1. The summed E-state index contributed by atoms with van der Waals surface area (Å²) >= 11 is 0. The molecule has 37 heavy (non-hydrogen) atoms. The van der Waals surface area contributed by atoms with E-state index in [0.29, 0.717) is 17.2 Å². The van der Waals surface area contributed by atoms with Crippen LogP contribution in [-0.2, 0) is 14.3 Å². The number of hydrogen-bond donors (Lipinski definition) is 0. The molecule has 1 saturated heterocycles. The van der Waals surface area contributed by atoms with Crippen LogP contribution in [0, 0.1) is 30.6 Å². The van der Waals surface area contributed by atoms with Crippen molar-refractivity contribution in [2.75, 3.05) is 11.5 Å². The van der Waals surface area contributed by atoms with Gasteiger partial charge in [-0.2, -0.15) is 0 Å². The normalized spacial score (nSPS) is 25.9. The number of aryl methyl sites for hydroxylation is 1. The van der Waals surface area contributed by atoms with E-state index in [2.05, 4.69) is 12.1 Å². The van der Waals surface area contributed by atoms with Gasteiger partial charge in [-0.05, 0) is 67.3 Å². The van der Waals surface area contributed by atoms with Gasteiger partial charge in [0.1, 0.15) is 0 Å². The first-order valence-corrected chi connectivity index (χ1v) is 12.7. The van der Waals surface area contributed by atoms with Crippen LogP contribution >= 0.6 is 0 Å². The lowest BCUT2D eigenvalue weighted by atomic mass is 9.73. The fourth-order valence-corrected chi connectivity index (χ4v) is 6.58. The van der Waals surface area contributed by atoms with E-state index >= 15 is 0 Å². The van der Waals surface area contributed by atoms with Crippen LogP contribution in [0.2, 0.25) is 0 Å². The average Bonchev–Trinajstić information content (AvgIpc) is 3.59. The van der Waals surface area contributed by atoms with Crippen molar-refractivity contribution in [1.29, 1.82) is 0 Å². The van der Waals surface area contributed by atoms with Crippen LogP contribution in [-0.4, -0.2) is 30.2 Å². The summed E-state index contributed by atoms with van der Waals surface area (Å²) in [4.78, 5) is 53.0. The molecule has 2 amide bonds. The van der Waals surface area contributed by atoms with Crippen LogP contribution in [0.4, 0.5) is 5.69 Å². The first-order valence-electron chi connectivity index (χ1n) is 12.7. The molecule has 3 fully saturated rings. The number of esters is 1. The summed E-state index contributed by atoms with van der Waals surface area (Å²) in [5, 5.41) is 0. The highest BCUT2D eigenvalue weighted by Gasteiger charge is 2.64. The minimum atomic E-state index is -0.633. The number of nitrogens with zero attached hydrogens (tertiary/aromatic N) is 1. The van der Waals surface area contributed by atoms with Gasteiger partial charge in [-0.1, -0.05) is 60.2 Å². The van der Waals surface area contributed by atoms with E-state index < -0.39 is 5.97 Å². The number of carbonyl (C=O) groups is 4. The first kappa shape index (κ1) is 23.3. The molecule has 3 aromatic carbocycles. The molecule has 1 aliphatic heterocycles. The van der Waals surface area contributed by atoms with E-state index in [1.807, 2.05) is 37.3 Å². The third kappa shape index (κ3) is 3.97. The van der Waals surface area contributed by atoms with Gasteiger partial charge >= 0.3 is 5.97 Å². The highest BCUT2D eigenvalue weighted by molar-refractivity contribution is 6.22. The van der Waals surface area contributed by atoms with Gasteiger partial charge in [0.2, 0.25) is 11.8 Å². The Morgan fingerprint density at radius 3 is 2.16 bits per heavy atom. The largest absolute Gasteiger partial charge is 0.454 e. The molecule has 2 aliphatic carbocycles. The number of ether oxygens (including phenoxy) is 1. The maximum absolute atomic E-state index is 13.5. The summed E-state index contributed by atoms with van der Waals surface area (Å²) in [7, 11) is 0. The van der Waals surface area contributed by atoms with Crippen molar-refractivity contribution in [3.8, 4) is 0 Å². The molecule has 5 atom stereocenters. The number of ketones is 1. The van der Waals surface area contributed by atoms with Gasteiger partial charge in [-0.15, -0.1) is 0 Å². The summed E-state index contributed by atoms with van der Waals surface area (Å²) in [6, 6.07) is 23.6. The van der Waals surface area contributed by atoms with Crippen LogP contribution < -0.4 is 4.90 Å². The van der Waals surface area contributed by atoms with Crippen LogP contribution in [0.1, 0.15) is 50.6 Å². The molecule has 2 bridgehead atoms. The first-order chi connectivity index (χ1) is 17.9. The second-order valence-corrected chi connectivity index (χ2v) is 10.4. The molecule has 186 valence electrons. The highest BCUT2D eigenvalue weighted by Crippen LogP contribution is 2.61. The van der Waals surface area contributed by atoms with Crippen LogP contribution in [0.15, 0.2) is 78.9 Å². The lowest BCUT2D eigenvalue weighted by Crippen LogP contribution is -2.33. The molecule has 2 saturated carbocycles. The minimum Gasteiger partial charge on any atom is -0.454 e. The monoisotopic (exact) mass is 493 g/mol. The SMILES string of the molecule is Cc1ccc(C(=O)COC(=O)c2ccc(N3C(=O)[C@@H]4[C@@H]5C[C@@H]([C@@H]4C3=O)[C@@H](c3ccccc3)C5)cc2)cc1. The minimum absolute atomic E-state index is 0.131. The van der Waals surface area contributed by atoms with Gasteiger partial charge in [-0.3, -0.25) is 19.3 Å². The van der Waals surface area contributed by atoms with E-state index in [1.165, 1.54) is 22.6 Å². The number of amides is 2. The lowest BCUT2D eigenvalue weighted by molar-refractivity contribution is -0.123. The number of benzene rings is 3. The summed E-state index contributed by atoms with van der Waals surface area (Å²) in [5.41, 5.74) is 3.48. The Bertz CT molecular complexity index is 1380. The zero-order valence-electron chi connectivity index (χ0n) is 20.5. The number of fused-ring (bicyclic) bond motifs is 5. The Hall–Kier alpha value is -4.06. The third-order valence-electron chi connectivity index (χ3n) is 8.31. The van der Waals surface area contributed by atoms with E-state index in [1.54, 1.807) is 24.3 Å². The number of anilines is 1. The quantitative estimate of drug-likeness (QED) is 0.275. The molecule has 3 aromatic rings. The standard InChI is InChI=1S/C31H27NO5/c1-18-7-9-20(10-8-18)26(33)17-37-31(36)21-11-13-23(14-12-21)32-29(34)27-22-15-24(19-5-3-2-4-6-19)25(16-22)28(27)30(32)35/h2-14,22,24-25,27-28H,15-17H2,1H3/t22-,24+,25+,27+,28-/m0/s1. The van der Waals surface area contributed by atoms with Crippen LogP contribution in [0.3, 0.4) is 0 Å². The smallest absolute Gasteiger partial charge is 0.338 e. The number of carbonyl (C=O) groups excluding carboxylic acids is 4. The Morgan fingerprint density at radius 2 is 1.46 bits per heavy atom. The number of hydrogen-bond acceptors (Lipinski definition) is 5. The van der Waals surface area contributed by atoms with Crippen molar-refractivity contribution >= 4 is 29.3 Å². The molecule has 0 aromatic heterocycles. The van der Waals surface area contributed by atoms with Gasteiger partial charge in [0.25, 0.3) is 0 Å². The van der Waals surface area contributed by atoms with Gasteiger partial charge in [0.05, 0.1) is 23.1 Å². The molecule has 6 rings (SSSR count). The predicted octanol–water partition coefficient (Wildman–Crippen LogP) is 4.96. The van der Waals surface area contributed by atoms with Crippen molar-refractivity contribution in [3.63, 3.8) is 0 Å². The maximum atomic E-state index is 13.5. The molecule has 6 heteroatoms. The Morgan fingerprint density at radius 1 is 0.811 bits per heavy atom. The van der Waals surface area contributed by atoms with Crippen molar-refractivity contribution < 1.29 is 23.9 Å². The summed E-state index contributed by atoms with van der Waals surface area (Å²) in [6.45, 7) is 1.57. The highest BCUT2D eigenvalue weighted by atomic mass is 16.5. The van der Waals surface area contributed by atoms with Crippen molar-refractivity contribution in [3.05, 3.63) is 101 Å². The van der Waals surface area contributed by atoms with Gasteiger partial charge < -0.3 is 4.74 Å². The van der Waals surface area contributed by atoms with Gasteiger partial charge in [-0.25, -0.2) is 4.79 Å². The molecule has 0 N–H and O–H groups in total. The molecular formula is C31H27NO5. The van der Waals surface area contributed by atoms with Gasteiger partial charge in [0.15, 0.2) is 12.4 Å². The zero-order valence-corrected chi connectivity index (χ0v) is 20.5. The fourth-order valence-electron chi connectivity index (χ4n) is 6.58. The lowest BCUT2D eigenvalue weighted by Gasteiger charge is -2.28. The van der Waals surface area contributed by atoms with Crippen molar-refractivity contribution in [2.24, 2.45) is 23.7 Å². The molecule has 1 heterocycles. The molecule has 3 aliphatic rings. The van der Waals surface area contributed by atoms with Gasteiger partial charge in [0, 0.05) is 5.56 Å². The zero-order chi connectivity index (χ0) is 25.7. The Kier molecular flexibility index (Phi) is 5.75. The van der Waals surface area contributed by atoms with Crippen LogP contribution in [0.5, 0.6) is 0 Å². The molecule has 0 spiro atoms. The second-order valence-electron chi connectivity index (χ2n) is 10.4. The van der Waals surface area contributed by atoms with E-state index in [9.17, 15) is 19.2 Å². The van der Waals surface area contributed by atoms with Crippen molar-refractivity contribution in [2.45, 2.75) is 25.7 Å². The van der Waals surface area contributed by atoms with E-state index in [-0.39, 0.29) is 53.4 Å². The Balaban J connectivity index is 1.13. The average molecular weight is 494 g/mol. The summed E-state index contributed by atoms with van der Waals surface area (Å²) in [6.07, 6.45) is 1.86. The summed E-state index contributed by atoms with van der Waals surface area (Å²) in [5.74, 6) is -1.01. The second kappa shape index (κ2) is 9.11. The van der Waals surface area contributed by atoms with E-state index in [0.717, 1.165) is 18.4 Å². The Labute approximate surface area is 215 Å². The molecule has 0 unspecified atom stereocenters. The number of imide groups is 1.